The summed E-state index contributed by atoms with van der Waals surface area (Å²) < 4.78 is 24.7. The number of carbonyl (C=O) groups excluding carboxylic acids is 1. The van der Waals surface area contributed by atoms with E-state index in [9.17, 15) is 9.18 Å². The van der Waals surface area contributed by atoms with Gasteiger partial charge in [0.25, 0.3) is 5.89 Å². The third kappa shape index (κ3) is 4.33. The van der Waals surface area contributed by atoms with Crippen LogP contribution in [-0.2, 0) is 6.42 Å². The maximum Gasteiger partial charge on any atom is 0.327 e. The molecule has 0 fully saturated rings. The van der Waals surface area contributed by atoms with E-state index in [1.165, 1.54) is 22.6 Å². The molecule has 0 saturated heterocycles. The van der Waals surface area contributed by atoms with Gasteiger partial charge in [-0.1, -0.05) is 54.5 Å². The number of benzene rings is 3. The van der Waals surface area contributed by atoms with Crippen molar-refractivity contribution in [3.8, 4) is 17.1 Å². The Morgan fingerprint density at radius 1 is 1.08 bits per heavy atom. The molecule has 1 aliphatic rings. The molecule has 8 heteroatoms. The van der Waals surface area contributed by atoms with Crippen LogP contribution in [0.1, 0.15) is 36.9 Å². The highest BCUT2D eigenvalue weighted by atomic mass is 19.1. The second kappa shape index (κ2) is 9.65. The van der Waals surface area contributed by atoms with Crippen molar-refractivity contribution < 1.29 is 18.4 Å². The molecule has 3 aromatic carbocycles. The second-order valence-corrected chi connectivity index (χ2v) is 8.44. The normalized spacial score (nSPS) is 15.7. The number of nitrogens with one attached hydrogen (secondary N) is 1. The first kappa shape index (κ1) is 23.3. The lowest BCUT2D eigenvalue weighted by molar-refractivity contribution is 0.244. The minimum atomic E-state index is -0.615. The molecule has 5 rings (SSSR count). The lowest BCUT2D eigenvalue weighted by Crippen LogP contribution is -2.46. The van der Waals surface area contributed by atoms with Crippen molar-refractivity contribution >= 4 is 17.3 Å². The topological polar surface area (TPSA) is 80.5 Å². The van der Waals surface area contributed by atoms with Crippen LogP contribution in [0.4, 0.5) is 14.9 Å². The van der Waals surface area contributed by atoms with Gasteiger partial charge in [0.05, 0.1) is 24.4 Å². The fourth-order valence-electron chi connectivity index (χ4n) is 4.33. The van der Waals surface area contributed by atoms with Gasteiger partial charge in [-0.3, -0.25) is 4.90 Å². The summed E-state index contributed by atoms with van der Waals surface area (Å²) in [6.45, 7) is 3.92. The molecule has 4 aromatic rings. The average Bonchev–Trinajstić information content (AvgIpc) is 3.39. The van der Waals surface area contributed by atoms with Gasteiger partial charge in [0, 0.05) is 17.3 Å². The van der Waals surface area contributed by atoms with Crippen molar-refractivity contribution in [2.75, 3.05) is 12.0 Å². The van der Waals surface area contributed by atoms with Crippen molar-refractivity contribution in [3.63, 3.8) is 0 Å². The Morgan fingerprint density at radius 2 is 1.83 bits per heavy atom. The molecule has 0 aliphatic carbocycles. The standard InChI is InChI=1S/C28H25FN4O3/c1-4-18-8-10-20(11-9-18)26-31-27(36-32-26)24-17(2)33(22-6-5-7-23(16-22)35-3)28(34)30-25(24)19-12-14-21(29)15-13-19/h5-16,25H,4H2,1-3H3,(H,30,34). The number of carbonyl (C=O) groups is 1. The Hall–Kier alpha value is -4.46. The Kier molecular flexibility index (Phi) is 6.25. The fourth-order valence-corrected chi connectivity index (χ4v) is 4.33. The molecule has 0 spiro atoms. The third-order valence-corrected chi connectivity index (χ3v) is 6.28. The maximum atomic E-state index is 13.7. The molecule has 1 aliphatic heterocycles. The van der Waals surface area contributed by atoms with E-state index in [1.54, 1.807) is 31.4 Å². The number of allylic oxidation sites excluding steroid dienone is 1. The molecule has 1 aromatic heterocycles. The van der Waals surface area contributed by atoms with Crippen LogP contribution >= 0.6 is 0 Å². The number of methoxy groups -OCH3 is 1. The Balaban J connectivity index is 1.63. The van der Waals surface area contributed by atoms with Gasteiger partial charge in [-0.25, -0.2) is 9.18 Å². The summed E-state index contributed by atoms with van der Waals surface area (Å²) >= 11 is 0. The molecule has 2 amide bonds. The maximum absolute atomic E-state index is 13.7. The van der Waals surface area contributed by atoms with Crippen LogP contribution in [0.25, 0.3) is 17.0 Å². The minimum absolute atomic E-state index is 0.268. The van der Waals surface area contributed by atoms with Crippen LogP contribution in [0.15, 0.2) is 83.0 Å². The zero-order valence-electron chi connectivity index (χ0n) is 20.2. The SMILES string of the molecule is CCc1ccc(-c2noc(C3=C(C)N(c4cccc(OC)c4)C(=O)NC3c3ccc(F)cc3)n2)cc1. The fraction of sp³-hybridized carbons (Fsp3) is 0.179. The van der Waals surface area contributed by atoms with Gasteiger partial charge in [-0.15, -0.1) is 0 Å². The minimum Gasteiger partial charge on any atom is -0.497 e. The van der Waals surface area contributed by atoms with Gasteiger partial charge in [-0.2, -0.15) is 4.98 Å². The number of nitrogens with zero attached hydrogens (tertiary/aromatic N) is 3. The first-order valence-corrected chi connectivity index (χ1v) is 11.6. The van der Waals surface area contributed by atoms with Crippen molar-refractivity contribution in [1.82, 2.24) is 15.5 Å². The molecule has 36 heavy (non-hydrogen) atoms. The third-order valence-electron chi connectivity index (χ3n) is 6.28. The van der Waals surface area contributed by atoms with Crippen molar-refractivity contribution in [1.29, 1.82) is 0 Å². The molecule has 1 atom stereocenters. The quantitative estimate of drug-likeness (QED) is 0.355. The molecule has 182 valence electrons. The van der Waals surface area contributed by atoms with Crippen molar-refractivity contribution in [2.24, 2.45) is 0 Å². The zero-order valence-corrected chi connectivity index (χ0v) is 20.2. The number of hydrogen-bond donors (Lipinski definition) is 1. The summed E-state index contributed by atoms with van der Waals surface area (Å²) in [5.74, 6) is 0.961. The number of anilines is 1. The first-order chi connectivity index (χ1) is 17.5. The van der Waals surface area contributed by atoms with E-state index in [0.29, 0.717) is 34.1 Å². The molecule has 1 N–H and O–H groups in total. The number of aryl methyl sites for hydroxylation is 1. The van der Waals surface area contributed by atoms with E-state index in [0.717, 1.165) is 12.0 Å². The van der Waals surface area contributed by atoms with E-state index >= 15 is 0 Å². The molecule has 0 radical (unpaired) electrons. The molecule has 1 unspecified atom stereocenters. The summed E-state index contributed by atoms with van der Waals surface area (Å²) in [6, 6.07) is 20.2. The second-order valence-electron chi connectivity index (χ2n) is 8.44. The number of ether oxygens (including phenoxy) is 1. The number of urea groups is 1. The van der Waals surface area contributed by atoms with Gasteiger partial charge in [0.2, 0.25) is 5.82 Å². The summed E-state index contributed by atoms with van der Waals surface area (Å²) in [6.07, 6.45) is 0.934. The predicted octanol–water partition coefficient (Wildman–Crippen LogP) is 6.15. The Labute approximate surface area is 208 Å². The summed E-state index contributed by atoms with van der Waals surface area (Å²) in [5, 5.41) is 7.23. The van der Waals surface area contributed by atoms with Crippen molar-refractivity contribution in [2.45, 2.75) is 26.3 Å². The van der Waals surface area contributed by atoms with Crippen LogP contribution in [0, 0.1) is 5.82 Å². The van der Waals surface area contributed by atoms with E-state index in [1.807, 2.05) is 43.3 Å². The van der Waals surface area contributed by atoms with Crippen LogP contribution in [-0.4, -0.2) is 23.3 Å². The number of amides is 2. The number of hydrogen-bond acceptors (Lipinski definition) is 5. The van der Waals surface area contributed by atoms with E-state index in [2.05, 4.69) is 22.4 Å². The lowest BCUT2D eigenvalue weighted by atomic mass is 9.94. The largest absolute Gasteiger partial charge is 0.497 e. The van der Waals surface area contributed by atoms with Gasteiger partial charge in [0.15, 0.2) is 0 Å². The number of aromatic nitrogens is 2. The number of halogens is 1. The Morgan fingerprint density at radius 3 is 2.53 bits per heavy atom. The lowest BCUT2D eigenvalue weighted by Gasteiger charge is -2.35. The monoisotopic (exact) mass is 484 g/mol. The Bertz CT molecular complexity index is 1430. The highest BCUT2D eigenvalue weighted by Crippen LogP contribution is 2.39. The van der Waals surface area contributed by atoms with Crippen LogP contribution in [0.2, 0.25) is 0 Å². The summed E-state index contributed by atoms with van der Waals surface area (Å²) in [4.78, 5) is 19.5. The first-order valence-electron chi connectivity index (χ1n) is 11.6. The molecular weight excluding hydrogens is 459 g/mol. The van der Waals surface area contributed by atoms with E-state index in [-0.39, 0.29) is 17.7 Å². The van der Waals surface area contributed by atoms with Gasteiger partial charge in [0.1, 0.15) is 11.6 Å². The molecule has 0 bridgehead atoms. The predicted molar refractivity (Wildman–Crippen MR) is 135 cm³/mol. The zero-order chi connectivity index (χ0) is 25.2. The highest BCUT2D eigenvalue weighted by Gasteiger charge is 2.36. The van der Waals surface area contributed by atoms with Gasteiger partial charge < -0.3 is 14.6 Å². The number of rotatable bonds is 6. The smallest absolute Gasteiger partial charge is 0.327 e. The van der Waals surface area contributed by atoms with Gasteiger partial charge in [-0.05, 0) is 48.7 Å². The molecule has 2 heterocycles. The van der Waals surface area contributed by atoms with Gasteiger partial charge >= 0.3 is 6.03 Å². The van der Waals surface area contributed by atoms with Crippen LogP contribution in [0.3, 0.4) is 0 Å². The van der Waals surface area contributed by atoms with Crippen LogP contribution in [0.5, 0.6) is 5.75 Å². The van der Waals surface area contributed by atoms with Crippen LogP contribution < -0.4 is 15.0 Å². The summed E-state index contributed by atoms with van der Waals surface area (Å²) in [5.41, 5.74) is 4.57. The van der Waals surface area contributed by atoms with E-state index < -0.39 is 6.04 Å². The van der Waals surface area contributed by atoms with E-state index in [4.69, 9.17) is 9.26 Å². The molecule has 7 nitrogen and oxygen atoms in total. The van der Waals surface area contributed by atoms with Crippen molar-refractivity contribution in [3.05, 3.63) is 101 Å². The highest BCUT2D eigenvalue weighted by molar-refractivity contribution is 6.01. The average molecular weight is 485 g/mol. The molecular formula is C28H25FN4O3. The summed E-state index contributed by atoms with van der Waals surface area (Å²) in [7, 11) is 1.57. The molecule has 0 saturated carbocycles.